The maximum absolute atomic E-state index is 12.3. The number of nitrogens with zero attached hydrogens (tertiary/aromatic N) is 1. The van der Waals surface area contributed by atoms with Crippen molar-refractivity contribution in [1.29, 1.82) is 0 Å². The predicted octanol–water partition coefficient (Wildman–Crippen LogP) is 2.96. The van der Waals surface area contributed by atoms with E-state index in [-0.39, 0.29) is 11.0 Å². The van der Waals surface area contributed by atoms with Crippen LogP contribution in [0.4, 0.5) is 5.69 Å². The number of nitrogens with one attached hydrogen (secondary N) is 1. The van der Waals surface area contributed by atoms with Crippen molar-refractivity contribution in [3.8, 4) is 5.75 Å². The largest absolute Gasteiger partial charge is 0.491 e. The molecule has 0 aliphatic heterocycles. The van der Waals surface area contributed by atoms with Crippen molar-refractivity contribution in [3.63, 3.8) is 0 Å². The first-order valence-electron chi connectivity index (χ1n) is 6.63. The molecule has 6 nitrogen and oxygen atoms in total. The van der Waals surface area contributed by atoms with E-state index in [1.807, 2.05) is 13.8 Å². The summed E-state index contributed by atoms with van der Waals surface area (Å²) in [6, 6.07) is 6.38. The van der Waals surface area contributed by atoms with Gasteiger partial charge in [0.2, 0.25) is 0 Å². The Morgan fingerprint density at radius 2 is 2.19 bits per heavy atom. The van der Waals surface area contributed by atoms with Crippen LogP contribution in [0.15, 0.2) is 39.9 Å². The molecule has 21 heavy (non-hydrogen) atoms. The lowest BCUT2D eigenvalue weighted by Gasteiger charge is -2.13. The van der Waals surface area contributed by atoms with Crippen molar-refractivity contribution in [2.24, 2.45) is 0 Å². The summed E-state index contributed by atoms with van der Waals surface area (Å²) in [6.07, 6.45) is 2.19. The van der Waals surface area contributed by atoms with E-state index >= 15 is 0 Å². The number of aromatic nitrogens is 1. The second-order valence-electron chi connectivity index (χ2n) is 4.71. The molecule has 0 aliphatic carbocycles. The Balaban J connectivity index is 2.24. The summed E-state index contributed by atoms with van der Waals surface area (Å²) >= 11 is 0. The van der Waals surface area contributed by atoms with Gasteiger partial charge in [0.1, 0.15) is 11.4 Å². The van der Waals surface area contributed by atoms with Crippen LogP contribution in [0.5, 0.6) is 5.75 Å². The highest BCUT2D eigenvalue weighted by atomic mass is 32.2. The zero-order chi connectivity index (χ0) is 15.5. The predicted molar refractivity (Wildman–Crippen MR) is 78.9 cm³/mol. The number of hydrogen-bond acceptors (Lipinski definition) is 5. The van der Waals surface area contributed by atoms with Gasteiger partial charge in [0.05, 0.1) is 17.2 Å². The Kier molecular flexibility index (Phi) is 4.52. The van der Waals surface area contributed by atoms with Gasteiger partial charge < -0.3 is 9.26 Å². The number of aryl methyl sites for hydroxylation is 1. The summed E-state index contributed by atoms with van der Waals surface area (Å²) in [4.78, 5) is 0.129. The molecule has 1 atom stereocenters. The highest BCUT2D eigenvalue weighted by molar-refractivity contribution is 7.92. The van der Waals surface area contributed by atoms with E-state index in [0.29, 0.717) is 17.2 Å². The van der Waals surface area contributed by atoms with Crippen molar-refractivity contribution >= 4 is 15.7 Å². The third-order valence-electron chi connectivity index (χ3n) is 3.02. The van der Waals surface area contributed by atoms with Crippen molar-refractivity contribution in [3.05, 3.63) is 36.2 Å². The third kappa shape index (κ3) is 3.75. The van der Waals surface area contributed by atoms with Gasteiger partial charge in [-0.25, -0.2) is 8.42 Å². The van der Waals surface area contributed by atoms with Crippen molar-refractivity contribution in [2.75, 3.05) is 4.72 Å². The molecule has 2 aromatic rings. The van der Waals surface area contributed by atoms with E-state index in [0.717, 1.165) is 6.42 Å². The molecule has 7 heteroatoms. The van der Waals surface area contributed by atoms with Crippen LogP contribution in [0.2, 0.25) is 0 Å². The normalized spacial score (nSPS) is 12.9. The number of hydrogen-bond donors (Lipinski definition) is 1. The number of benzene rings is 1. The molecule has 1 aromatic heterocycles. The third-order valence-corrected chi connectivity index (χ3v) is 4.39. The van der Waals surface area contributed by atoms with Gasteiger partial charge >= 0.3 is 0 Å². The molecule has 0 saturated carbocycles. The summed E-state index contributed by atoms with van der Waals surface area (Å²) in [5, 5.41) is 3.54. The average Bonchev–Trinajstić information content (AvgIpc) is 2.84. The first-order chi connectivity index (χ1) is 9.92. The van der Waals surface area contributed by atoms with Crippen molar-refractivity contribution < 1.29 is 17.7 Å². The Bertz CT molecular complexity index is 709. The van der Waals surface area contributed by atoms with Crippen LogP contribution in [0.1, 0.15) is 26.0 Å². The van der Waals surface area contributed by atoms with E-state index in [1.54, 1.807) is 19.1 Å². The zero-order valence-corrected chi connectivity index (χ0v) is 13.0. The summed E-state index contributed by atoms with van der Waals surface area (Å²) in [6.45, 7) is 5.56. The molecular weight excluding hydrogens is 292 g/mol. The number of rotatable bonds is 6. The molecule has 0 saturated heterocycles. The molecule has 0 spiro atoms. The van der Waals surface area contributed by atoms with Gasteiger partial charge in [0.25, 0.3) is 10.0 Å². The van der Waals surface area contributed by atoms with Crippen LogP contribution >= 0.6 is 0 Å². The molecule has 0 aliphatic rings. The van der Waals surface area contributed by atoms with E-state index in [4.69, 9.17) is 9.26 Å². The van der Waals surface area contributed by atoms with Gasteiger partial charge in [-0.1, -0.05) is 18.1 Å². The maximum atomic E-state index is 12.3. The molecule has 1 N–H and O–H groups in total. The first kappa shape index (κ1) is 15.4. The van der Waals surface area contributed by atoms with Crippen LogP contribution in [0.3, 0.4) is 0 Å². The zero-order valence-electron chi connectivity index (χ0n) is 12.2. The fourth-order valence-corrected chi connectivity index (χ4v) is 2.76. The van der Waals surface area contributed by atoms with Crippen LogP contribution < -0.4 is 9.46 Å². The molecule has 1 unspecified atom stereocenters. The number of sulfonamides is 1. The molecule has 1 aromatic carbocycles. The molecule has 114 valence electrons. The van der Waals surface area contributed by atoms with Gasteiger partial charge in [0, 0.05) is 6.07 Å². The molecule has 0 fully saturated rings. The standard InChI is InChI=1S/C14H18N2O4S/c1-4-10(2)19-12-6-5-7-13(8-12)21(17,18)16-14-9-15-20-11(14)3/h5-10,16H,4H2,1-3H3. The van der Waals surface area contributed by atoms with E-state index in [9.17, 15) is 8.42 Å². The van der Waals surface area contributed by atoms with Crippen molar-refractivity contribution in [1.82, 2.24) is 5.16 Å². The Labute approximate surface area is 124 Å². The molecule has 2 rings (SSSR count). The average molecular weight is 310 g/mol. The summed E-state index contributed by atoms with van der Waals surface area (Å²) in [5.74, 6) is 0.930. The Morgan fingerprint density at radius 3 is 2.81 bits per heavy atom. The number of anilines is 1. The smallest absolute Gasteiger partial charge is 0.262 e. The SMILES string of the molecule is CCC(C)Oc1cccc(S(=O)(=O)Nc2cnoc2C)c1. The number of ether oxygens (including phenoxy) is 1. The quantitative estimate of drug-likeness (QED) is 0.887. The van der Waals surface area contributed by atoms with Crippen LogP contribution in [0.25, 0.3) is 0 Å². The molecule has 1 heterocycles. The summed E-state index contributed by atoms with van der Waals surface area (Å²) in [5.41, 5.74) is 0.322. The Hall–Kier alpha value is -2.02. The summed E-state index contributed by atoms with van der Waals surface area (Å²) < 4.78 is 37.6. The fraction of sp³-hybridized carbons (Fsp3) is 0.357. The van der Waals surface area contributed by atoms with E-state index in [2.05, 4.69) is 9.88 Å². The van der Waals surface area contributed by atoms with Gasteiger partial charge in [-0.15, -0.1) is 0 Å². The van der Waals surface area contributed by atoms with E-state index in [1.165, 1.54) is 18.3 Å². The lowest BCUT2D eigenvalue weighted by molar-refractivity contribution is 0.217. The molecule has 0 radical (unpaired) electrons. The minimum absolute atomic E-state index is 0.0243. The van der Waals surface area contributed by atoms with Crippen LogP contribution in [0, 0.1) is 6.92 Å². The maximum Gasteiger partial charge on any atom is 0.262 e. The highest BCUT2D eigenvalue weighted by Crippen LogP contribution is 2.23. The monoisotopic (exact) mass is 310 g/mol. The minimum Gasteiger partial charge on any atom is -0.491 e. The second-order valence-corrected chi connectivity index (χ2v) is 6.40. The van der Waals surface area contributed by atoms with Crippen LogP contribution in [-0.4, -0.2) is 19.7 Å². The lowest BCUT2D eigenvalue weighted by Crippen LogP contribution is -2.14. The topological polar surface area (TPSA) is 81.4 Å². The minimum atomic E-state index is -3.70. The fourth-order valence-electron chi connectivity index (χ4n) is 1.63. The van der Waals surface area contributed by atoms with Gasteiger partial charge in [-0.05, 0) is 32.4 Å². The highest BCUT2D eigenvalue weighted by Gasteiger charge is 2.18. The van der Waals surface area contributed by atoms with Crippen LogP contribution in [-0.2, 0) is 10.0 Å². The van der Waals surface area contributed by atoms with Gasteiger partial charge in [0.15, 0.2) is 5.76 Å². The molecular formula is C14H18N2O4S. The first-order valence-corrected chi connectivity index (χ1v) is 8.11. The molecule has 0 amide bonds. The lowest BCUT2D eigenvalue weighted by atomic mass is 10.3. The van der Waals surface area contributed by atoms with Crippen molar-refractivity contribution in [2.45, 2.75) is 38.2 Å². The van der Waals surface area contributed by atoms with E-state index < -0.39 is 10.0 Å². The summed E-state index contributed by atoms with van der Waals surface area (Å²) in [7, 11) is -3.70. The van der Waals surface area contributed by atoms with Gasteiger partial charge in [-0.3, -0.25) is 4.72 Å². The Morgan fingerprint density at radius 1 is 1.43 bits per heavy atom. The second kappa shape index (κ2) is 6.17. The van der Waals surface area contributed by atoms with Gasteiger partial charge in [-0.2, -0.15) is 0 Å². The molecule has 0 bridgehead atoms.